The van der Waals surface area contributed by atoms with E-state index in [1.807, 2.05) is 24.3 Å². The highest BCUT2D eigenvalue weighted by Crippen LogP contribution is 2.44. The number of aliphatic carboxylic acids is 1. The van der Waals surface area contributed by atoms with Crippen LogP contribution in [0.25, 0.3) is 11.1 Å². The zero-order valence-electron chi connectivity index (χ0n) is 20.4. The van der Waals surface area contributed by atoms with E-state index in [-0.39, 0.29) is 30.4 Å². The number of benzene rings is 2. The van der Waals surface area contributed by atoms with E-state index in [1.165, 1.54) is 22.3 Å². The van der Waals surface area contributed by atoms with Crippen molar-refractivity contribution in [1.29, 1.82) is 0 Å². The van der Waals surface area contributed by atoms with Crippen molar-refractivity contribution in [3.8, 4) is 11.1 Å². The summed E-state index contributed by atoms with van der Waals surface area (Å²) >= 11 is 0. The van der Waals surface area contributed by atoms with Crippen LogP contribution in [0.4, 0.5) is 4.79 Å². The Labute approximate surface area is 206 Å². The van der Waals surface area contributed by atoms with Gasteiger partial charge < -0.3 is 20.5 Å². The van der Waals surface area contributed by atoms with Crippen LogP contribution < -0.4 is 10.6 Å². The van der Waals surface area contributed by atoms with Crippen LogP contribution in [0.2, 0.25) is 0 Å². The number of fused-ring (bicyclic) bond motifs is 3. The summed E-state index contributed by atoms with van der Waals surface area (Å²) in [7, 11) is 0. The summed E-state index contributed by atoms with van der Waals surface area (Å²) in [6.07, 6.45) is 2.76. The van der Waals surface area contributed by atoms with E-state index in [0.29, 0.717) is 19.4 Å². The fourth-order valence-electron chi connectivity index (χ4n) is 5.15. The van der Waals surface area contributed by atoms with Gasteiger partial charge in [0.15, 0.2) is 0 Å². The Bertz CT molecular complexity index is 1050. The Morgan fingerprint density at radius 1 is 1.00 bits per heavy atom. The van der Waals surface area contributed by atoms with Crippen molar-refractivity contribution in [2.24, 2.45) is 11.3 Å². The van der Waals surface area contributed by atoms with Crippen LogP contribution in [-0.4, -0.2) is 42.3 Å². The molecule has 2 aromatic carbocycles. The molecule has 2 atom stereocenters. The lowest BCUT2D eigenvalue weighted by Gasteiger charge is -2.19. The third kappa shape index (κ3) is 5.84. The van der Waals surface area contributed by atoms with Gasteiger partial charge >= 0.3 is 12.1 Å². The Morgan fingerprint density at radius 3 is 2.26 bits per heavy atom. The second-order valence-electron chi connectivity index (χ2n) is 10.3. The van der Waals surface area contributed by atoms with Crippen molar-refractivity contribution in [3.05, 3.63) is 59.7 Å². The molecule has 2 aliphatic carbocycles. The number of carboxylic acid groups (broad SMARTS) is 1. The number of ether oxygens (including phenoxy) is 1. The van der Waals surface area contributed by atoms with E-state index in [1.54, 1.807) is 13.8 Å². The van der Waals surface area contributed by atoms with Crippen molar-refractivity contribution < 1.29 is 24.2 Å². The summed E-state index contributed by atoms with van der Waals surface area (Å²) in [4.78, 5) is 36.0. The first-order chi connectivity index (χ1) is 16.7. The highest BCUT2D eigenvalue weighted by molar-refractivity contribution is 5.79. The Balaban J connectivity index is 1.21. The minimum absolute atomic E-state index is 0.00519. The third-order valence-corrected chi connectivity index (χ3v) is 7.33. The van der Waals surface area contributed by atoms with Gasteiger partial charge in [-0.2, -0.15) is 0 Å². The van der Waals surface area contributed by atoms with E-state index in [0.717, 1.165) is 19.3 Å². The van der Waals surface area contributed by atoms with Crippen LogP contribution in [0.3, 0.4) is 0 Å². The molecule has 0 heterocycles. The molecule has 0 aliphatic heterocycles. The van der Waals surface area contributed by atoms with Gasteiger partial charge in [0.1, 0.15) is 6.61 Å². The number of hydrogen-bond donors (Lipinski definition) is 3. The summed E-state index contributed by atoms with van der Waals surface area (Å²) < 4.78 is 5.64. The number of alkyl carbamates (subject to hydrolysis) is 1. The Kier molecular flexibility index (Phi) is 7.43. The quantitative estimate of drug-likeness (QED) is 0.485. The van der Waals surface area contributed by atoms with Gasteiger partial charge in [-0.3, -0.25) is 9.59 Å². The molecule has 2 amide bonds. The standard InChI is InChI=1S/C28H34N2O5/c1-28(2,26(32)33)13-14-29-25(31)16-18-11-12-19(15-18)30-27(34)35-17-24-22-9-5-3-7-20(22)21-8-4-6-10-23(21)24/h3-10,18-19,24H,11-17H2,1-2H3,(H,29,31)(H,30,34)(H,32,33)/t18-,19+/m1/s1. The number of carboxylic acids is 1. The maximum absolute atomic E-state index is 12.5. The van der Waals surface area contributed by atoms with Crippen LogP contribution in [-0.2, 0) is 14.3 Å². The summed E-state index contributed by atoms with van der Waals surface area (Å²) in [5.74, 6) is -0.719. The molecule has 3 N–H and O–H groups in total. The minimum atomic E-state index is -0.871. The molecule has 0 bridgehead atoms. The minimum Gasteiger partial charge on any atom is -0.481 e. The van der Waals surface area contributed by atoms with Crippen molar-refractivity contribution >= 4 is 18.0 Å². The average molecular weight is 479 g/mol. The highest BCUT2D eigenvalue weighted by atomic mass is 16.5. The lowest BCUT2D eigenvalue weighted by Crippen LogP contribution is -2.35. The fraction of sp³-hybridized carbons (Fsp3) is 0.464. The Morgan fingerprint density at radius 2 is 1.63 bits per heavy atom. The molecule has 7 nitrogen and oxygen atoms in total. The SMILES string of the molecule is CC(C)(CCNC(=O)C[C@@H]1CC[C@H](NC(=O)OCC2c3ccccc3-c3ccccc32)C1)C(=O)O. The van der Waals surface area contributed by atoms with Gasteiger partial charge in [-0.05, 0) is 67.7 Å². The van der Waals surface area contributed by atoms with Gasteiger partial charge in [0, 0.05) is 24.9 Å². The first-order valence-corrected chi connectivity index (χ1v) is 12.4. The molecule has 2 aromatic rings. The molecule has 0 radical (unpaired) electrons. The van der Waals surface area contributed by atoms with Gasteiger partial charge in [0.05, 0.1) is 5.41 Å². The molecule has 2 aliphatic rings. The molecule has 4 rings (SSSR count). The molecule has 35 heavy (non-hydrogen) atoms. The number of nitrogens with one attached hydrogen (secondary N) is 2. The van der Waals surface area contributed by atoms with Crippen LogP contribution in [0.1, 0.15) is 63.0 Å². The lowest BCUT2D eigenvalue weighted by molar-refractivity contribution is -0.147. The van der Waals surface area contributed by atoms with Crippen molar-refractivity contribution in [1.82, 2.24) is 10.6 Å². The highest BCUT2D eigenvalue weighted by Gasteiger charge is 2.31. The predicted octanol–water partition coefficient (Wildman–Crippen LogP) is 4.70. The van der Waals surface area contributed by atoms with E-state index >= 15 is 0 Å². The van der Waals surface area contributed by atoms with E-state index in [4.69, 9.17) is 9.84 Å². The number of carbonyl (C=O) groups excluding carboxylic acids is 2. The maximum Gasteiger partial charge on any atom is 0.407 e. The first-order valence-electron chi connectivity index (χ1n) is 12.4. The normalized spacial score (nSPS) is 19.0. The number of amides is 2. The molecule has 186 valence electrons. The zero-order chi connectivity index (χ0) is 25.0. The van der Waals surface area contributed by atoms with E-state index < -0.39 is 17.5 Å². The van der Waals surface area contributed by atoms with Gasteiger partial charge in [-0.15, -0.1) is 0 Å². The second-order valence-corrected chi connectivity index (χ2v) is 10.3. The summed E-state index contributed by atoms with van der Waals surface area (Å²) in [6.45, 7) is 3.92. The van der Waals surface area contributed by atoms with Crippen LogP contribution in [0.15, 0.2) is 48.5 Å². The van der Waals surface area contributed by atoms with Crippen molar-refractivity contribution in [2.45, 2.75) is 57.9 Å². The molecular formula is C28H34N2O5. The van der Waals surface area contributed by atoms with E-state index in [2.05, 4.69) is 34.9 Å². The first kappa shape index (κ1) is 24.8. The molecular weight excluding hydrogens is 444 g/mol. The van der Waals surface area contributed by atoms with Crippen LogP contribution >= 0.6 is 0 Å². The Hall–Kier alpha value is -3.35. The number of rotatable bonds is 9. The topological polar surface area (TPSA) is 105 Å². The largest absolute Gasteiger partial charge is 0.481 e. The third-order valence-electron chi connectivity index (χ3n) is 7.33. The monoisotopic (exact) mass is 478 g/mol. The van der Waals surface area contributed by atoms with Crippen molar-refractivity contribution in [2.75, 3.05) is 13.2 Å². The van der Waals surface area contributed by atoms with Gasteiger partial charge in [-0.1, -0.05) is 48.5 Å². The molecule has 0 saturated heterocycles. The second kappa shape index (κ2) is 10.5. The molecule has 1 fully saturated rings. The lowest BCUT2D eigenvalue weighted by atomic mass is 9.89. The number of hydrogen-bond acceptors (Lipinski definition) is 4. The number of carbonyl (C=O) groups is 3. The van der Waals surface area contributed by atoms with Gasteiger partial charge in [0.25, 0.3) is 0 Å². The average Bonchev–Trinajstić information content (AvgIpc) is 3.39. The van der Waals surface area contributed by atoms with Crippen LogP contribution in [0, 0.1) is 11.3 Å². The zero-order valence-corrected chi connectivity index (χ0v) is 20.4. The van der Waals surface area contributed by atoms with Crippen LogP contribution in [0.5, 0.6) is 0 Å². The predicted molar refractivity (Wildman–Crippen MR) is 133 cm³/mol. The molecule has 7 heteroatoms. The molecule has 0 spiro atoms. The van der Waals surface area contributed by atoms with Gasteiger partial charge in [-0.25, -0.2) is 4.79 Å². The maximum atomic E-state index is 12.5. The molecule has 1 saturated carbocycles. The summed E-state index contributed by atoms with van der Waals surface area (Å²) in [5.41, 5.74) is 3.89. The summed E-state index contributed by atoms with van der Waals surface area (Å²) in [6, 6.07) is 16.5. The summed E-state index contributed by atoms with van der Waals surface area (Å²) in [5, 5.41) is 15.0. The molecule has 0 unspecified atom stereocenters. The van der Waals surface area contributed by atoms with Crippen molar-refractivity contribution in [3.63, 3.8) is 0 Å². The van der Waals surface area contributed by atoms with Gasteiger partial charge in [0.2, 0.25) is 5.91 Å². The molecule has 0 aromatic heterocycles. The van der Waals surface area contributed by atoms with E-state index in [9.17, 15) is 14.4 Å². The smallest absolute Gasteiger partial charge is 0.407 e. The fourth-order valence-corrected chi connectivity index (χ4v) is 5.15.